The van der Waals surface area contributed by atoms with Crippen LogP contribution in [0.15, 0.2) is 42.6 Å². The Morgan fingerprint density at radius 3 is 2.66 bits per heavy atom. The Bertz CT molecular complexity index is 1310. The minimum absolute atomic E-state index is 0.103. The van der Waals surface area contributed by atoms with E-state index in [2.05, 4.69) is 14.9 Å². The van der Waals surface area contributed by atoms with E-state index >= 15 is 0 Å². The highest BCUT2D eigenvalue weighted by Gasteiger charge is 2.52. The van der Waals surface area contributed by atoms with Crippen LogP contribution < -0.4 is 4.74 Å². The van der Waals surface area contributed by atoms with Gasteiger partial charge in [-0.1, -0.05) is 18.6 Å². The highest BCUT2D eigenvalue weighted by Crippen LogP contribution is 2.50. The van der Waals surface area contributed by atoms with Crippen molar-refractivity contribution in [2.45, 2.75) is 25.7 Å². The molecule has 2 aliphatic heterocycles. The molecule has 4 heterocycles. The van der Waals surface area contributed by atoms with E-state index in [9.17, 15) is 14.0 Å². The lowest BCUT2D eigenvalue weighted by Crippen LogP contribution is -2.43. The number of aromatic nitrogens is 2. The van der Waals surface area contributed by atoms with E-state index in [1.54, 1.807) is 36.4 Å². The van der Waals surface area contributed by atoms with Crippen molar-refractivity contribution in [3.05, 3.63) is 65.1 Å². The van der Waals surface area contributed by atoms with Crippen LogP contribution in [0, 0.1) is 17.2 Å². The lowest BCUT2D eigenvalue weighted by molar-refractivity contribution is 0.0552. The maximum atomic E-state index is 14.8. The molecule has 1 saturated heterocycles. The van der Waals surface area contributed by atoms with Gasteiger partial charge in [0.15, 0.2) is 0 Å². The first kappa shape index (κ1) is 22.1. The molecule has 1 saturated carbocycles. The van der Waals surface area contributed by atoms with Crippen molar-refractivity contribution in [3.63, 3.8) is 0 Å². The fourth-order valence-electron chi connectivity index (χ4n) is 6.35. The molecular weight excluding hydrogens is 447 g/mol. The minimum atomic E-state index is -0.363. The number of hydrogen-bond acceptors (Lipinski definition) is 6. The number of ether oxygens (including phenoxy) is 1. The van der Waals surface area contributed by atoms with Crippen LogP contribution in [0.25, 0.3) is 11.0 Å². The highest BCUT2D eigenvalue weighted by atomic mass is 19.1. The number of benzene rings is 1. The molecule has 180 valence electrons. The van der Waals surface area contributed by atoms with E-state index in [1.165, 1.54) is 18.2 Å². The molecule has 35 heavy (non-hydrogen) atoms. The van der Waals surface area contributed by atoms with Gasteiger partial charge in [0, 0.05) is 43.2 Å². The molecule has 0 radical (unpaired) electrons. The Morgan fingerprint density at radius 1 is 1.14 bits per heavy atom. The molecule has 3 aliphatic rings. The van der Waals surface area contributed by atoms with E-state index in [0.717, 1.165) is 32.4 Å². The summed E-state index contributed by atoms with van der Waals surface area (Å²) in [5.41, 5.74) is 2.61. The summed E-state index contributed by atoms with van der Waals surface area (Å²) in [6, 6.07) is 10.6. The SMILES string of the molecule is COc1ccc2ncc(F)c(CCN3CC4CCCC4(CN4C(=O)c5ccccc5C4=O)C3)c2n1. The molecule has 2 atom stereocenters. The Balaban J connectivity index is 1.20. The Hall–Kier alpha value is -3.39. The molecule has 0 bridgehead atoms. The van der Waals surface area contributed by atoms with Crippen LogP contribution >= 0.6 is 0 Å². The summed E-state index contributed by atoms with van der Waals surface area (Å²) in [5, 5.41) is 0. The predicted molar refractivity (Wildman–Crippen MR) is 128 cm³/mol. The first-order chi connectivity index (χ1) is 17.0. The van der Waals surface area contributed by atoms with Gasteiger partial charge in [-0.15, -0.1) is 0 Å². The van der Waals surface area contributed by atoms with Gasteiger partial charge in [-0.05, 0) is 43.4 Å². The van der Waals surface area contributed by atoms with Gasteiger partial charge in [0.1, 0.15) is 5.82 Å². The van der Waals surface area contributed by atoms with Crippen molar-refractivity contribution in [1.82, 2.24) is 19.8 Å². The molecule has 2 fully saturated rings. The normalized spacial score (nSPS) is 23.8. The number of hydrogen-bond donors (Lipinski definition) is 0. The van der Waals surface area contributed by atoms with E-state index < -0.39 is 0 Å². The highest BCUT2D eigenvalue weighted by molar-refractivity contribution is 6.21. The number of pyridine rings is 2. The maximum absolute atomic E-state index is 14.8. The molecule has 8 heteroatoms. The molecule has 6 rings (SSSR count). The fourth-order valence-corrected chi connectivity index (χ4v) is 6.35. The Labute approximate surface area is 202 Å². The summed E-state index contributed by atoms with van der Waals surface area (Å²) < 4.78 is 20.0. The van der Waals surface area contributed by atoms with Crippen LogP contribution in [-0.2, 0) is 6.42 Å². The van der Waals surface area contributed by atoms with E-state index in [0.29, 0.717) is 59.0 Å². The van der Waals surface area contributed by atoms with E-state index in [-0.39, 0.29) is 23.0 Å². The molecule has 0 spiro atoms. The molecular formula is C27H27FN4O3. The third-order valence-electron chi connectivity index (χ3n) is 8.09. The van der Waals surface area contributed by atoms with Gasteiger partial charge in [0.05, 0.1) is 35.5 Å². The summed E-state index contributed by atoms with van der Waals surface area (Å²) in [6.07, 6.45) is 4.95. The quantitative estimate of drug-likeness (QED) is 0.507. The third kappa shape index (κ3) is 3.58. The summed E-state index contributed by atoms with van der Waals surface area (Å²) in [4.78, 5) is 38.5. The summed E-state index contributed by atoms with van der Waals surface area (Å²) >= 11 is 0. The second-order valence-electron chi connectivity index (χ2n) is 9.98. The number of rotatable bonds is 6. The van der Waals surface area contributed by atoms with Crippen molar-refractivity contribution < 1.29 is 18.7 Å². The van der Waals surface area contributed by atoms with Crippen LogP contribution in [0.1, 0.15) is 45.5 Å². The Morgan fingerprint density at radius 2 is 1.91 bits per heavy atom. The first-order valence-corrected chi connectivity index (χ1v) is 12.1. The van der Waals surface area contributed by atoms with Gasteiger partial charge in [0.25, 0.3) is 11.8 Å². The standard InChI is InChI=1S/C27H27FN4O3/c1-35-23-9-8-22-24(30-23)20(21(28)13-29-22)10-12-31-14-17-5-4-11-27(17,15-31)16-32-25(33)18-6-2-3-7-19(18)26(32)34/h2-3,6-9,13,17H,4-5,10-12,14-16H2,1H3. The van der Waals surface area contributed by atoms with Gasteiger partial charge in [0.2, 0.25) is 5.88 Å². The zero-order chi connectivity index (χ0) is 24.2. The number of likely N-dealkylation sites (tertiary alicyclic amines) is 1. The maximum Gasteiger partial charge on any atom is 0.261 e. The van der Waals surface area contributed by atoms with Crippen LogP contribution in [-0.4, -0.2) is 64.9 Å². The third-order valence-corrected chi connectivity index (χ3v) is 8.09. The Kier molecular flexibility index (Phi) is 5.29. The molecule has 0 N–H and O–H groups in total. The molecule has 1 aromatic carbocycles. The number of methoxy groups -OCH3 is 1. The topological polar surface area (TPSA) is 75.6 Å². The van der Waals surface area contributed by atoms with Crippen molar-refractivity contribution >= 4 is 22.8 Å². The van der Waals surface area contributed by atoms with Crippen molar-refractivity contribution in [2.75, 3.05) is 33.3 Å². The summed E-state index contributed by atoms with van der Waals surface area (Å²) in [6.45, 7) is 2.82. The number of carbonyl (C=O) groups excluding carboxylic acids is 2. The zero-order valence-electron chi connectivity index (χ0n) is 19.7. The molecule has 3 aromatic rings. The smallest absolute Gasteiger partial charge is 0.261 e. The monoisotopic (exact) mass is 474 g/mol. The van der Waals surface area contributed by atoms with Crippen LogP contribution in [0.2, 0.25) is 0 Å². The second-order valence-corrected chi connectivity index (χ2v) is 9.98. The molecule has 1 aliphatic carbocycles. The number of amides is 2. The summed E-state index contributed by atoms with van der Waals surface area (Å²) in [5.74, 6) is 0.119. The molecule has 2 unspecified atom stereocenters. The second kappa shape index (κ2) is 8.37. The van der Waals surface area contributed by atoms with Crippen molar-refractivity contribution in [3.8, 4) is 5.88 Å². The van der Waals surface area contributed by atoms with Crippen LogP contribution in [0.4, 0.5) is 4.39 Å². The molecule has 2 amide bonds. The number of halogens is 1. The average molecular weight is 475 g/mol. The van der Waals surface area contributed by atoms with Crippen molar-refractivity contribution in [2.24, 2.45) is 11.3 Å². The largest absolute Gasteiger partial charge is 0.481 e. The van der Waals surface area contributed by atoms with Gasteiger partial charge in [-0.3, -0.25) is 19.5 Å². The fraction of sp³-hybridized carbons (Fsp3) is 0.407. The average Bonchev–Trinajstić information content (AvgIpc) is 3.49. The van der Waals surface area contributed by atoms with Crippen LogP contribution in [0.5, 0.6) is 5.88 Å². The lowest BCUT2D eigenvalue weighted by Gasteiger charge is -2.33. The summed E-state index contributed by atoms with van der Waals surface area (Å²) in [7, 11) is 1.54. The predicted octanol–water partition coefficient (Wildman–Crippen LogP) is 3.72. The minimum Gasteiger partial charge on any atom is -0.481 e. The van der Waals surface area contributed by atoms with Gasteiger partial charge in [-0.2, -0.15) is 0 Å². The number of imide groups is 1. The number of fused-ring (bicyclic) bond motifs is 3. The van der Waals surface area contributed by atoms with Gasteiger partial charge in [-0.25, -0.2) is 9.37 Å². The molecule has 7 nitrogen and oxygen atoms in total. The number of nitrogens with zero attached hydrogens (tertiary/aromatic N) is 4. The van der Waals surface area contributed by atoms with E-state index in [1.807, 2.05) is 0 Å². The van der Waals surface area contributed by atoms with Gasteiger partial charge >= 0.3 is 0 Å². The van der Waals surface area contributed by atoms with E-state index in [4.69, 9.17) is 4.74 Å². The lowest BCUT2D eigenvalue weighted by atomic mass is 9.80. The van der Waals surface area contributed by atoms with Crippen LogP contribution in [0.3, 0.4) is 0 Å². The zero-order valence-corrected chi connectivity index (χ0v) is 19.7. The number of carbonyl (C=O) groups is 2. The van der Waals surface area contributed by atoms with Crippen molar-refractivity contribution in [1.29, 1.82) is 0 Å². The first-order valence-electron chi connectivity index (χ1n) is 12.1. The molecule has 2 aromatic heterocycles. The van der Waals surface area contributed by atoms with Gasteiger partial charge < -0.3 is 9.64 Å².